The third kappa shape index (κ3) is 5.19. The second kappa shape index (κ2) is 9.37. The summed E-state index contributed by atoms with van der Waals surface area (Å²) < 4.78 is 42.3. The average molecular weight is 483 g/mol. The van der Waals surface area contributed by atoms with E-state index >= 15 is 0 Å². The molecule has 1 unspecified atom stereocenters. The maximum absolute atomic E-state index is 13.7. The number of likely N-dealkylation sites (tertiary alicyclic amines) is 1. The van der Waals surface area contributed by atoms with Crippen LogP contribution in [0.4, 0.5) is 24.8 Å². The molecule has 3 heterocycles. The predicted molar refractivity (Wildman–Crippen MR) is 133 cm³/mol. The number of allylic oxidation sites excluding steroid dienone is 4. The Morgan fingerprint density at radius 1 is 1.11 bits per heavy atom. The Bertz CT molecular complexity index is 1270. The van der Waals surface area contributed by atoms with Crippen LogP contribution in [0, 0.1) is 0 Å². The number of hydrogen-bond acceptors (Lipinski definition) is 5. The number of hydrogen-bond donors (Lipinski definition) is 2. The fourth-order valence-electron chi connectivity index (χ4n) is 4.95. The number of nitrogen functional groups attached to an aromatic ring is 1. The van der Waals surface area contributed by atoms with Gasteiger partial charge in [-0.3, -0.25) is 0 Å². The highest BCUT2D eigenvalue weighted by Crippen LogP contribution is 2.36. The van der Waals surface area contributed by atoms with Crippen molar-refractivity contribution >= 4 is 22.5 Å². The van der Waals surface area contributed by atoms with Crippen LogP contribution < -0.4 is 11.1 Å². The van der Waals surface area contributed by atoms with Gasteiger partial charge in [0.25, 0.3) is 0 Å². The minimum Gasteiger partial charge on any atom is -0.382 e. The first-order chi connectivity index (χ1) is 16.8. The molecule has 1 fully saturated rings. The Kier molecular flexibility index (Phi) is 6.27. The first kappa shape index (κ1) is 23.4. The highest BCUT2D eigenvalue weighted by molar-refractivity contribution is 5.96. The summed E-state index contributed by atoms with van der Waals surface area (Å²) in [6.07, 6.45) is 6.27. The summed E-state index contributed by atoms with van der Waals surface area (Å²) in [5.74, 6) is 0.0556. The zero-order chi connectivity index (χ0) is 24.6. The lowest BCUT2D eigenvalue weighted by Crippen LogP contribution is -2.36. The fourth-order valence-corrected chi connectivity index (χ4v) is 4.95. The Morgan fingerprint density at radius 3 is 2.63 bits per heavy atom. The van der Waals surface area contributed by atoms with Gasteiger partial charge in [0, 0.05) is 23.0 Å². The lowest BCUT2D eigenvalue weighted by Gasteiger charge is -2.30. The van der Waals surface area contributed by atoms with E-state index in [1.807, 2.05) is 30.4 Å². The molecule has 1 aromatic carbocycles. The number of nitrogens with two attached hydrogens (primary N) is 1. The molecule has 3 N–H and O–H groups in total. The topological polar surface area (TPSA) is 72.0 Å². The molecule has 1 aliphatic heterocycles. The van der Waals surface area contributed by atoms with Crippen molar-refractivity contribution in [2.45, 2.75) is 43.9 Å². The minimum absolute atomic E-state index is 0.00570. The summed E-state index contributed by atoms with van der Waals surface area (Å²) in [7, 11) is 2.10. The molecule has 0 radical (unpaired) electrons. The highest BCUT2D eigenvalue weighted by atomic mass is 19.4. The number of benzene rings is 1. The number of halogens is 3. The maximum Gasteiger partial charge on any atom is 0.406 e. The van der Waals surface area contributed by atoms with E-state index < -0.39 is 12.7 Å². The van der Waals surface area contributed by atoms with E-state index in [1.54, 1.807) is 24.3 Å². The zero-order valence-corrected chi connectivity index (χ0v) is 19.6. The molecule has 1 atom stereocenters. The molecule has 0 saturated carbocycles. The van der Waals surface area contributed by atoms with Crippen LogP contribution >= 0.6 is 0 Å². The molecule has 6 nitrogen and oxygen atoms in total. The summed E-state index contributed by atoms with van der Waals surface area (Å²) in [6.45, 7) is 0.859. The van der Waals surface area contributed by atoms with Crippen LogP contribution in [0.1, 0.15) is 30.9 Å². The molecule has 2 aromatic heterocycles. The van der Waals surface area contributed by atoms with Crippen LogP contribution in [0.3, 0.4) is 0 Å². The second-order valence-electron chi connectivity index (χ2n) is 9.38. The van der Waals surface area contributed by atoms with Gasteiger partial charge in [-0.2, -0.15) is 13.2 Å². The monoisotopic (exact) mass is 482 g/mol. The number of aromatic nitrogens is 3. The van der Waals surface area contributed by atoms with Gasteiger partial charge in [0.2, 0.25) is 5.95 Å². The number of piperidine rings is 1. The third-order valence-electron chi connectivity index (χ3n) is 6.75. The lowest BCUT2D eigenvalue weighted by molar-refractivity contribution is -0.139. The molecule has 9 heteroatoms. The van der Waals surface area contributed by atoms with E-state index in [-0.39, 0.29) is 17.9 Å². The number of anilines is 2. The molecule has 0 amide bonds. The van der Waals surface area contributed by atoms with Crippen molar-refractivity contribution < 1.29 is 13.2 Å². The van der Waals surface area contributed by atoms with Gasteiger partial charge in [-0.1, -0.05) is 30.4 Å². The molecule has 0 spiro atoms. The van der Waals surface area contributed by atoms with E-state index in [1.165, 1.54) is 4.57 Å². The van der Waals surface area contributed by atoms with Gasteiger partial charge in [0.05, 0.1) is 22.6 Å². The van der Waals surface area contributed by atoms with E-state index in [0.29, 0.717) is 22.6 Å². The molecule has 35 heavy (non-hydrogen) atoms. The molecule has 184 valence electrons. The van der Waals surface area contributed by atoms with Gasteiger partial charge >= 0.3 is 6.18 Å². The number of nitrogens with zero attached hydrogens (tertiary/aromatic N) is 4. The minimum atomic E-state index is -4.39. The number of alkyl halides is 3. The molecule has 1 aliphatic carbocycles. The van der Waals surface area contributed by atoms with Crippen molar-refractivity contribution in [2.75, 3.05) is 31.2 Å². The Balaban J connectivity index is 1.59. The molecule has 5 rings (SSSR count). The summed E-state index contributed by atoms with van der Waals surface area (Å²) in [4.78, 5) is 11.0. The standard InChI is InChI=1S/C26H29F3N6/c1-34-12-10-18(11-13-34)31-20-8-5-9-23-19(20)14-24(35(23)16-26(27,28)29)22-15-21(32-25(30)33-22)17-6-3-2-4-7-17/h2-6,8-9,14-15,17-18,31H,7,10-13,16H2,1H3,(H2,30,32,33). The van der Waals surface area contributed by atoms with Crippen LogP contribution in [0.25, 0.3) is 22.3 Å². The molecule has 0 bridgehead atoms. The summed E-state index contributed by atoms with van der Waals surface area (Å²) in [6, 6.07) is 9.29. The van der Waals surface area contributed by atoms with Gasteiger partial charge in [0.1, 0.15) is 6.54 Å². The zero-order valence-electron chi connectivity index (χ0n) is 19.6. The van der Waals surface area contributed by atoms with Crippen molar-refractivity contribution in [1.29, 1.82) is 0 Å². The summed E-state index contributed by atoms with van der Waals surface area (Å²) >= 11 is 0. The first-order valence-corrected chi connectivity index (χ1v) is 11.9. The van der Waals surface area contributed by atoms with Gasteiger partial charge in [-0.05, 0) is 63.7 Å². The fraction of sp³-hybridized carbons (Fsp3) is 0.385. The normalized spacial score (nSPS) is 19.5. The van der Waals surface area contributed by atoms with Crippen molar-refractivity contribution in [3.05, 3.63) is 60.3 Å². The van der Waals surface area contributed by atoms with Crippen molar-refractivity contribution in [3.63, 3.8) is 0 Å². The van der Waals surface area contributed by atoms with Gasteiger partial charge in [0.15, 0.2) is 0 Å². The Hall–Kier alpha value is -3.33. The van der Waals surface area contributed by atoms with Crippen molar-refractivity contribution in [3.8, 4) is 11.4 Å². The largest absolute Gasteiger partial charge is 0.406 e. The van der Waals surface area contributed by atoms with Crippen LogP contribution in [-0.4, -0.2) is 51.8 Å². The lowest BCUT2D eigenvalue weighted by atomic mass is 9.96. The van der Waals surface area contributed by atoms with E-state index in [2.05, 4.69) is 27.2 Å². The number of rotatable bonds is 5. The molecular formula is C26H29F3N6. The molecule has 1 saturated heterocycles. The SMILES string of the molecule is CN1CCC(Nc2cccc3c2cc(-c2cc(C4C=CC=CC4)nc(N)n2)n3CC(F)(F)F)CC1. The van der Waals surface area contributed by atoms with Gasteiger partial charge < -0.3 is 20.5 Å². The predicted octanol–water partition coefficient (Wildman–Crippen LogP) is 5.35. The number of nitrogens with one attached hydrogen (secondary N) is 1. The quantitative estimate of drug-likeness (QED) is 0.513. The van der Waals surface area contributed by atoms with Gasteiger partial charge in [-0.25, -0.2) is 9.97 Å². The molecule has 2 aliphatic rings. The first-order valence-electron chi connectivity index (χ1n) is 11.9. The second-order valence-corrected chi connectivity index (χ2v) is 9.38. The molecular weight excluding hydrogens is 453 g/mol. The smallest absolute Gasteiger partial charge is 0.382 e. The molecule has 3 aromatic rings. The Morgan fingerprint density at radius 2 is 1.91 bits per heavy atom. The van der Waals surface area contributed by atoms with Crippen LogP contribution in [0.5, 0.6) is 0 Å². The Labute approximate surface area is 202 Å². The van der Waals surface area contributed by atoms with Crippen LogP contribution in [0.15, 0.2) is 54.6 Å². The van der Waals surface area contributed by atoms with E-state index in [4.69, 9.17) is 5.73 Å². The highest BCUT2D eigenvalue weighted by Gasteiger charge is 2.31. The van der Waals surface area contributed by atoms with Gasteiger partial charge in [-0.15, -0.1) is 0 Å². The average Bonchev–Trinajstić information content (AvgIpc) is 3.19. The van der Waals surface area contributed by atoms with Crippen LogP contribution in [0.2, 0.25) is 0 Å². The summed E-state index contributed by atoms with van der Waals surface area (Å²) in [5.41, 5.74) is 8.83. The van der Waals surface area contributed by atoms with Crippen molar-refractivity contribution in [1.82, 2.24) is 19.4 Å². The third-order valence-corrected chi connectivity index (χ3v) is 6.75. The van der Waals surface area contributed by atoms with Crippen molar-refractivity contribution in [2.24, 2.45) is 0 Å². The maximum atomic E-state index is 13.7. The van der Waals surface area contributed by atoms with E-state index in [9.17, 15) is 13.2 Å². The summed E-state index contributed by atoms with van der Waals surface area (Å²) in [5, 5.41) is 4.32. The van der Waals surface area contributed by atoms with E-state index in [0.717, 1.165) is 43.4 Å². The number of fused-ring (bicyclic) bond motifs is 1. The van der Waals surface area contributed by atoms with Crippen LogP contribution in [-0.2, 0) is 6.54 Å².